The van der Waals surface area contributed by atoms with E-state index in [-0.39, 0.29) is 0 Å². The van der Waals surface area contributed by atoms with Gasteiger partial charge in [0.25, 0.3) is 0 Å². The fourth-order valence-electron chi connectivity index (χ4n) is 7.51. The van der Waals surface area contributed by atoms with Crippen LogP contribution in [0.3, 0.4) is 0 Å². The molecular formula is C46H29NS. The minimum atomic E-state index is 1.13. The third-order valence-corrected chi connectivity index (χ3v) is 11.0. The Bertz CT molecular complexity index is 2840. The highest BCUT2D eigenvalue weighted by Gasteiger charge is 2.17. The van der Waals surface area contributed by atoms with Gasteiger partial charge in [0, 0.05) is 37.2 Å². The molecule has 0 unspecified atom stereocenters. The standard InChI is InChI=1S/C46H29NS/c1-3-11-37-30(9-1)17-18-31-21-24-35(28-43(31)37)47(36-25-26-46-44(29-36)41-15-7-8-16-45(41)48-46)34-22-19-32(20-23-34)42-27-33-10-2-4-12-38(33)39-13-5-6-14-40(39)42/h1-29H. The van der Waals surface area contributed by atoms with E-state index in [0.717, 1.165) is 17.1 Å². The van der Waals surface area contributed by atoms with Gasteiger partial charge in [-0.15, -0.1) is 11.3 Å². The maximum Gasteiger partial charge on any atom is 0.0468 e. The van der Waals surface area contributed by atoms with Crippen molar-refractivity contribution in [3.8, 4) is 11.1 Å². The number of hydrogen-bond donors (Lipinski definition) is 0. The van der Waals surface area contributed by atoms with E-state index in [1.807, 2.05) is 11.3 Å². The molecule has 2 heteroatoms. The first kappa shape index (κ1) is 27.2. The van der Waals surface area contributed by atoms with E-state index in [9.17, 15) is 0 Å². The Hall–Kier alpha value is -5.96. The van der Waals surface area contributed by atoms with Crippen molar-refractivity contribution in [2.75, 3.05) is 4.90 Å². The van der Waals surface area contributed by atoms with E-state index in [1.165, 1.54) is 74.4 Å². The molecule has 224 valence electrons. The molecule has 9 aromatic carbocycles. The van der Waals surface area contributed by atoms with Crippen molar-refractivity contribution >= 4 is 91.7 Å². The molecule has 1 nitrogen and oxygen atoms in total. The lowest BCUT2D eigenvalue weighted by Gasteiger charge is -2.26. The molecule has 0 spiro atoms. The van der Waals surface area contributed by atoms with Crippen molar-refractivity contribution in [3.63, 3.8) is 0 Å². The molecule has 1 aromatic heterocycles. The summed E-state index contributed by atoms with van der Waals surface area (Å²) in [7, 11) is 0. The van der Waals surface area contributed by atoms with Crippen LogP contribution in [0.4, 0.5) is 17.1 Å². The maximum atomic E-state index is 2.41. The Labute approximate surface area is 282 Å². The Morgan fingerprint density at radius 1 is 0.312 bits per heavy atom. The first-order valence-corrected chi connectivity index (χ1v) is 17.2. The first-order chi connectivity index (χ1) is 23.8. The zero-order valence-electron chi connectivity index (χ0n) is 26.1. The molecule has 0 aliphatic heterocycles. The summed E-state index contributed by atoms with van der Waals surface area (Å²) < 4.78 is 2.63. The number of fused-ring (bicyclic) bond motifs is 9. The Kier molecular flexibility index (Phi) is 6.12. The van der Waals surface area contributed by atoms with E-state index < -0.39 is 0 Å². The molecule has 0 saturated heterocycles. The fraction of sp³-hybridized carbons (Fsp3) is 0. The van der Waals surface area contributed by atoms with Gasteiger partial charge in [-0.3, -0.25) is 0 Å². The lowest BCUT2D eigenvalue weighted by Crippen LogP contribution is -2.09. The second-order valence-electron chi connectivity index (χ2n) is 12.5. The van der Waals surface area contributed by atoms with Gasteiger partial charge in [0.05, 0.1) is 0 Å². The third kappa shape index (κ3) is 4.31. The molecule has 0 aliphatic carbocycles. The van der Waals surface area contributed by atoms with Gasteiger partial charge in [-0.1, -0.05) is 121 Å². The summed E-state index contributed by atoms with van der Waals surface area (Å²) in [5.74, 6) is 0. The molecule has 0 atom stereocenters. The van der Waals surface area contributed by atoms with Crippen LogP contribution in [0.5, 0.6) is 0 Å². The van der Waals surface area contributed by atoms with Crippen LogP contribution < -0.4 is 4.90 Å². The fourth-order valence-corrected chi connectivity index (χ4v) is 8.60. The summed E-state index contributed by atoms with van der Waals surface area (Å²) in [4.78, 5) is 2.41. The van der Waals surface area contributed by atoms with Gasteiger partial charge < -0.3 is 4.90 Å². The van der Waals surface area contributed by atoms with Crippen LogP contribution in [0, 0.1) is 0 Å². The predicted molar refractivity (Wildman–Crippen MR) is 209 cm³/mol. The lowest BCUT2D eigenvalue weighted by atomic mass is 9.93. The van der Waals surface area contributed by atoms with Gasteiger partial charge in [0.1, 0.15) is 0 Å². The Balaban J connectivity index is 1.17. The van der Waals surface area contributed by atoms with Gasteiger partial charge in [0.2, 0.25) is 0 Å². The summed E-state index contributed by atoms with van der Waals surface area (Å²) >= 11 is 1.86. The van der Waals surface area contributed by atoms with Gasteiger partial charge in [-0.2, -0.15) is 0 Å². The van der Waals surface area contributed by atoms with Crippen LogP contribution in [-0.4, -0.2) is 0 Å². The molecule has 0 fully saturated rings. The van der Waals surface area contributed by atoms with Gasteiger partial charge >= 0.3 is 0 Å². The van der Waals surface area contributed by atoms with Crippen molar-refractivity contribution in [3.05, 3.63) is 176 Å². The highest BCUT2D eigenvalue weighted by atomic mass is 32.1. The number of nitrogens with zero attached hydrogens (tertiary/aromatic N) is 1. The quantitative estimate of drug-likeness (QED) is 0.176. The largest absolute Gasteiger partial charge is 0.310 e. The SMILES string of the molecule is c1ccc2c(c1)ccc1ccc(N(c3ccc(-c4cc5ccccc5c5ccccc45)cc3)c3ccc4sc5ccccc5c4c3)cc12. The van der Waals surface area contributed by atoms with Gasteiger partial charge in [-0.05, 0) is 109 Å². The lowest BCUT2D eigenvalue weighted by molar-refractivity contribution is 1.30. The minimum Gasteiger partial charge on any atom is -0.310 e. The number of anilines is 3. The third-order valence-electron chi connectivity index (χ3n) is 9.81. The van der Waals surface area contributed by atoms with Crippen molar-refractivity contribution < 1.29 is 0 Å². The predicted octanol–water partition coefficient (Wildman–Crippen LogP) is 13.8. The van der Waals surface area contributed by atoms with E-state index in [1.54, 1.807) is 0 Å². The summed E-state index contributed by atoms with van der Waals surface area (Å²) in [6, 6.07) is 64.6. The molecular weight excluding hydrogens is 599 g/mol. The highest BCUT2D eigenvalue weighted by molar-refractivity contribution is 7.25. The molecule has 0 radical (unpaired) electrons. The summed E-state index contributed by atoms with van der Waals surface area (Å²) in [6.07, 6.45) is 0. The van der Waals surface area contributed by atoms with Crippen LogP contribution >= 0.6 is 11.3 Å². The van der Waals surface area contributed by atoms with Crippen molar-refractivity contribution in [1.29, 1.82) is 0 Å². The zero-order chi connectivity index (χ0) is 31.6. The highest BCUT2D eigenvalue weighted by Crippen LogP contribution is 2.43. The summed E-state index contributed by atoms with van der Waals surface area (Å²) in [6.45, 7) is 0. The monoisotopic (exact) mass is 627 g/mol. The summed E-state index contributed by atoms with van der Waals surface area (Å²) in [5, 5.41) is 12.8. The molecule has 0 bridgehead atoms. The number of thiophene rings is 1. The zero-order valence-corrected chi connectivity index (χ0v) is 26.9. The minimum absolute atomic E-state index is 1.13. The number of benzene rings is 9. The van der Waals surface area contributed by atoms with E-state index in [2.05, 4.69) is 181 Å². The van der Waals surface area contributed by atoms with Crippen LogP contribution in [0.25, 0.3) is 74.4 Å². The molecule has 0 aliphatic rings. The van der Waals surface area contributed by atoms with E-state index >= 15 is 0 Å². The average molecular weight is 628 g/mol. The normalized spacial score (nSPS) is 11.8. The van der Waals surface area contributed by atoms with Gasteiger partial charge in [-0.25, -0.2) is 0 Å². The number of hydrogen-bond acceptors (Lipinski definition) is 2. The second-order valence-corrected chi connectivity index (χ2v) is 13.6. The topological polar surface area (TPSA) is 3.24 Å². The molecule has 48 heavy (non-hydrogen) atoms. The smallest absolute Gasteiger partial charge is 0.0468 e. The van der Waals surface area contributed by atoms with Crippen LogP contribution in [0.1, 0.15) is 0 Å². The van der Waals surface area contributed by atoms with E-state index in [4.69, 9.17) is 0 Å². The van der Waals surface area contributed by atoms with Gasteiger partial charge in [0.15, 0.2) is 0 Å². The van der Waals surface area contributed by atoms with Crippen LogP contribution in [-0.2, 0) is 0 Å². The molecule has 0 saturated carbocycles. The molecule has 10 rings (SSSR count). The molecule has 10 aromatic rings. The van der Waals surface area contributed by atoms with Crippen molar-refractivity contribution in [2.24, 2.45) is 0 Å². The summed E-state index contributed by atoms with van der Waals surface area (Å²) in [5.41, 5.74) is 5.88. The maximum absolute atomic E-state index is 2.41. The Morgan fingerprint density at radius 3 is 1.62 bits per heavy atom. The van der Waals surface area contributed by atoms with E-state index in [0.29, 0.717) is 0 Å². The molecule has 1 heterocycles. The Morgan fingerprint density at radius 2 is 0.833 bits per heavy atom. The van der Waals surface area contributed by atoms with Crippen molar-refractivity contribution in [2.45, 2.75) is 0 Å². The number of rotatable bonds is 4. The average Bonchev–Trinajstić information content (AvgIpc) is 3.53. The molecule has 0 N–H and O–H groups in total. The second kappa shape index (κ2) is 10.8. The van der Waals surface area contributed by atoms with Crippen molar-refractivity contribution in [1.82, 2.24) is 0 Å². The molecule has 0 amide bonds. The van der Waals surface area contributed by atoms with Crippen LogP contribution in [0.2, 0.25) is 0 Å². The first-order valence-electron chi connectivity index (χ1n) is 16.4. The van der Waals surface area contributed by atoms with Crippen LogP contribution in [0.15, 0.2) is 176 Å².